The van der Waals surface area contributed by atoms with Gasteiger partial charge in [-0.25, -0.2) is 17.2 Å². The van der Waals surface area contributed by atoms with Gasteiger partial charge < -0.3 is 15.7 Å². The molecule has 186 valence electrons. The normalized spacial score (nSPS) is 16.9. The highest BCUT2D eigenvalue weighted by molar-refractivity contribution is 7.91. The average Bonchev–Trinajstić information content (AvgIpc) is 2.79. The van der Waals surface area contributed by atoms with E-state index in [1.807, 2.05) is 0 Å². The molecule has 2 aromatic rings. The lowest BCUT2D eigenvalue weighted by Crippen LogP contribution is -2.39. The number of aliphatic hydroxyl groups excluding tert-OH is 1. The van der Waals surface area contributed by atoms with Gasteiger partial charge >= 0.3 is 0 Å². The van der Waals surface area contributed by atoms with E-state index in [-0.39, 0.29) is 64.5 Å². The number of Topliss-reactive ketones (excluding diaryl/α,β-unsaturated/α-hetero) is 1. The molecule has 1 saturated heterocycles. The third kappa shape index (κ3) is 5.64. The van der Waals surface area contributed by atoms with Gasteiger partial charge in [0.2, 0.25) is 0 Å². The van der Waals surface area contributed by atoms with E-state index >= 15 is 0 Å². The standard InChI is InChI=1S/C23H26Cl2F2N2O4S/c1-2-34(32,33)16-5-3-14(4-6-16)17(13-30)19(31)12-15-11-18(24)22(20(25)21(15)28)29-9-7-23(26,27)8-10-29/h3-6,11,17,30H,2,7-10,12-13,28H2,1H3. The van der Waals surface area contributed by atoms with Crippen LogP contribution in [0.15, 0.2) is 35.2 Å². The minimum atomic E-state index is -3.39. The van der Waals surface area contributed by atoms with Crippen molar-refractivity contribution in [2.75, 3.05) is 36.1 Å². The number of nitrogens with zero attached hydrogens (tertiary/aromatic N) is 1. The van der Waals surface area contributed by atoms with Gasteiger partial charge in [-0.05, 0) is 29.3 Å². The van der Waals surface area contributed by atoms with Crippen LogP contribution in [0.4, 0.5) is 20.2 Å². The quantitative estimate of drug-likeness (QED) is 0.484. The molecule has 0 aliphatic carbocycles. The molecule has 2 aromatic carbocycles. The lowest BCUT2D eigenvalue weighted by Gasteiger charge is -2.34. The number of anilines is 2. The first-order valence-electron chi connectivity index (χ1n) is 10.8. The van der Waals surface area contributed by atoms with Crippen molar-refractivity contribution in [1.29, 1.82) is 0 Å². The van der Waals surface area contributed by atoms with Gasteiger partial charge in [-0.2, -0.15) is 0 Å². The summed E-state index contributed by atoms with van der Waals surface area (Å²) in [7, 11) is -3.39. The van der Waals surface area contributed by atoms with Gasteiger partial charge in [0.15, 0.2) is 9.84 Å². The zero-order valence-corrected chi connectivity index (χ0v) is 20.9. The van der Waals surface area contributed by atoms with Crippen LogP contribution < -0.4 is 10.6 Å². The smallest absolute Gasteiger partial charge is 0.251 e. The Bertz CT molecular complexity index is 1160. The Balaban J connectivity index is 1.82. The maximum Gasteiger partial charge on any atom is 0.251 e. The van der Waals surface area contributed by atoms with Gasteiger partial charge in [0.25, 0.3) is 5.92 Å². The number of aliphatic hydroxyl groups is 1. The Hall–Kier alpha value is -1.94. The van der Waals surface area contributed by atoms with Gasteiger partial charge in [-0.15, -0.1) is 0 Å². The molecule has 11 heteroatoms. The summed E-state index contributed by atoms with van der Waals surface area (Å²) in [5.74, 6) is -4.05. The second-order valence-electron chi connectivity index (χ2n) is 8.29. The molecule has 34 heavy (non-hydrogen) atoms. The third-order valence-corrected chi connectivity index (χ3v) is 8.51. The van der Waals surface area contributed by atoms with Gasteiger partial charge in [-0.1, -0.05) is 42.3 Å². The van der Waals surface area contributed by atoms with E-state index in [4.69, 9.17) is 28.9 Å². The molecule has 0 aromatic heterocycles. The van der Waals surface area contributed by atoms with Crippen molar-refractivity contribution >= 4 is 50.2 Å². The number of carbonyl (C=O) groups excluding carboxylic acids is 1. The number of hydrogen-bond donors (Lipinski definition) is 2. The molecule has 0 bridgehead atoms. The van der Waals surface area contributed by atoms with Crippen molar-refractivity contribution in [2.45, 2.75) is 42.9 Å². The number of rotatable bonds is 8. The summed E-state index contributed by atoms with van der Waals surface area (Å²) in [5.41, 5.74) is 7.47. The molecule has 3 rings (SSSR count). The number of hydrogen-bond acceptors (Lipinski definition) is 6. The summed E-state index contributed by atoms with van der Waals surface area (Å²) in [6.45, 7) is 1.19. The molecule has 0 amide bonds. The fourth-order valence-corrected chi connectivity index (χ4v) is 5.57. The topological polar surface area (TPSA) is 101 Å². The average molecular weight is 535 g/mol. The minimum absolute atomic E-state index is 0.0502. The molecule has 0 radical (unpaired) electrons. The molecule has 1 atom stereocenters. The molecule has 3 N–H and O–H groups in total. The number of halogens is 4. The molecular formula is C23H26Cl2F2N2O4S. The Morgan fingerprint density at radius 1 is 1.21 bits per heavy atom. The van der Waals surface area contributed by atoms with E-state index < -0.39 is 28.3 Å². The second-order valence-corrected chi connectivity index (χ2v) is 11.4. The maximum absolute atomic E-state index is 13.5. The Morgan fingerprint density at radius 3 is 2.32 bits per heavy atom. The number of sulfone groups is 1. The van der Waals surface area contributed by atoms with Crippen molar-refractivity contribution in [3.8, 4) is 0 Å². The Kier molecular flexibility index (Phi) is 8.12. The first-order chi connectivity index (χ1) is 15.9. The van der Waals surface area contributed by atoms with Gasteiger partial charge in [0, 0.05) is 32.4 Å². The van der Waals surface area contributed by atoms with E-state index in [0.717, 1.165) is 0 Å². The molecule has 1 heterocycles. The molecule has 6 nitrogen and oxygen atoms in total. The highest BCUT2D eigenvalue weighted by atomic mass is 35.5. The zero-order chi connectivity index (χ0) is 25.3. The SMILES string of the molecule is CCS(=O)(=O)c1ccc(C(CO)C(=O)Cc2cc(Cl)c(N3CCC(F)(F)CC3)c(Cl)c2N)cc1. The van der Waals surface area contributed by atoms with Gasteiger partial charge in [0.1, 0.15) is 5.78 Å². The number of nitrogen functional groups attached to an aromatic ring is 1. The summed E-state index contributed by atoms with van der Waals surface area (Å²) in [4.78, 5) is 14.8. The van der Waals surface area contributed by atoms with Crippen LogP contribution in [0.5, 0.6) is 0 Å². The summed E-state index contributed by atoms with van der Waals surface area (Å²) in [5, 5.41) is 10.1. The van der Waals surface area contributed by atoms with E-state index in [9.17, 15) is 27.1 Å². The van der Waals surface area contributed by atoms with Crippen LogP contribution >= 0.6 is 23.2 Å². The Labute approximate surface area is 207 Å². The minimum Gasteiger partial charge on any atom is -0.397 e. The van der Waals surface area contributed by atoms with E-state index in [1.165, 1.54) is 37.3 Å². The molecule has 1 aliphatic heterocycles. The van der Waals surface area contributed by atoms with Crippen molar-refractivity contribution in [2.24, 2.45) is 0 Å². The summed E-state index contributed by atoms with van der Waals surface area (Å²) >= 11 is 12.9. The summed E-state index contributed by atoms with van der Waals surface area (Å²) < 4.78 is 51.1. The third-order valence-electron chi connectivity index (χ3n) is 6.09. The van der Waals surface area contributed by atoms with E-state index in [0.29, 0.717) is 16.8 Å². The first-order valence-corrected chi connectivity index (χ1v) is 13.2. The van der Waals surface area contributed by atoms with Crippen molar-refractivity contribution in [3.05, 3.63) is 51.5 Å². The number of benzene rings is 2. The monoisotopic (exact) mass is 534 g/mol. The molecule has 1 aliphatic rings. The molecule has 0 spiro atoms. The highest BCUT2D eigenvalue weighted by Gasteiger charge is 2.35. The number of nitrogens with two attached hydrogens (primary N) is 1. The van der Waals surface area contributed by atoms with Crippen molar-refractivity contribution in [1.82, 2.24) is 0 Å². The Morgan fingerprint density at radius 2 is 1.79 bits per heavy atom. The van der Waals surface area contributed by atoms with Crippen molar-refractivity contribution in [3.63, 3.8) is 0 Å². The summed E-state index contributed by atoms with van der Waals surface area (Å²) in [6, 6.07) is 7.31. The van der Waals surface area contributed by atoms with Crippen LogP contribution in [0.1, 0.15) is 36.8 Å². The number of carbonyl (C=O) groups is 1. The van der Waals surface area contributed by atoms with Crippen LogP contribution in [0.3, 0.4) is 0 Å². The molecule has 1 fully saturated rings. The van der Waals surface area contributed by atoms with Crippen LogP contribution in [0.2, 0.25) is 10.0 Å². The fraction of sp³-hybridized carbons (Fsp3) is 0.435. The molecule has 0 saturated carbocycles. The largest absolute Gasteiger partial charge is 0.397 e. The van der Waals surface area contributed by atoms with E-state index in [2.05, 4.69) is 0 Å². The second kappa shape index (κ2) is 10.4. The number of ketones is 1. The highest BCUT2D eigenvalue weighted by Crippen LogP contribution is 2.43. The fourth-order valence-electron chi connectivity index (χ4n) is 3.94. The number of alkyl halides is 2. The predicted molar refractivity (Wildman–Crippen MR) is 130 cm³/mol. The first kappa shape index (κ1) is 26.7. The van der Waals surface area contributed by atoms with Crippen LogP contribution in [-0.2, 0) is 21.1 Å². The lowest BCUT2D eigenvalue weighted by molar-refractivity contribution is -0.120. The lowest BCUT2D eigenvalue weighted by atomic mass is 9.91. The summed E-state index contributed by atoms with van der Waals surface area (Å²) in [6.07, 6.45) is -0.823. The zero-order valence-electron chi connectivity index (χ0n) is 18.5. The predicted octanol–water partition coefficient (Wildman–Crippen LogP) is 4.49. The van der Waals surface area contributed by atoms with Gasteiger partial charge in [0.05, 0.1) is 44.6 Å². The van der Waals surface area contributed by atoms with Crippen molar-refractivity contribution < 1.29 is 27.1 Å². The van der Waals surface area contributed by atoms with Crippen LogP contribution in [-0.4, -0.2) is 50.7 Å². The molecule has 1 unspecified atom stereocenters. The van der Waals surface area contributed by atoms with Crippen LogP contribution in [0, 0.1) is 0 Å². The number of piperidine rings is 1. The van der Waals surface area contributed by atoms with Crippen LogP contribution in [0.25, 0.3) is 0 Å². The van der Waals surface area contributed by atoms with Gasteiger partial charge in [-0.3, -0.25) is 4.79 Å². The molecular weight excluding hydrogens is 509 g/mol. The van der Waals surface area contributed by atoms with E-state index in [1.54, 1.807) is 4.90 Å². The maximum atomic E-state index is 13.5.